The molecule has 2 N–H and O–H groups in total. The van der Waals surface area contributed by atoms with Gasteiger partial charge in [0.15, 0.2) is 0 Å². The number of carbonyl (C=O) groups excluding carboxylic acids is 1. The number of nitrogens with one attached hydrogen (secondary N) is 1. The topological polar surface area (TPSA) is 62.2 Å². The van der Waals surface area contributed by atoms with Crippen LogP contribution in [0.4, 0.5) is 0 Å². The van der Waals surface area contributed by atoms with E-state index in [0.29, 0.717) is 11.1 Å². The number of thioether (sulfide) groups is 1. The molecule has 0 unspecified atom stereocenters. The number of aromatic nitrogens is 1. The van der Waals surface area contributed by atoms with Gasteiger partial charge in [-0.1, -0.05) is 11.8 Å². The van der Waals surface area contributed by atoms with Crippen LogP contribution in [0.5, 0.6) is 0 Å². The SMILES string of the molecule is CSC1CCC(NC(=O)c2ccncc2C#CCO)CC1. The third kappa shape index (κ3) is 4.48. The zero-order valence-electron chi connectivity index (χ0n) is 12.1. The number of hydrogen-bond donors (Lipinski definition) is 2. The van der Waals surface area contributed by atoms with E-state index in [4.69, 9.17) is 5.11 Å². The van der Waals surface area contributed by atoms with Crippen LogP contribution in [0.2, 0.25) is 0 Å². The van der Waals surface area contributed by atoms with Gasteiger partial charge >= 0.3 is 0 Å². The van der Waals surface area contributed by atoms with E-state index in [2.05, 4.69) is 28.4 Å². The predicted octanol–water partition coefficient (Wildman–Crippen LogP) is 1.83. The summed E-state index contributed by atoms with van der Waals surface area (Å²) in [6.07, 6.45) is 9.65. The second-order valence-corrected chi connectivity index (χ2v) is 6.20. The number of aliphatic hydroxyl groups excluding tert-OH is 1. The average Bonchev–Trinajstić information content (AvgIpc) is 2.54. The molecule has 0 spiro atoms. The van der Waals surface area contributed by atoms with Gasteiger partial charge in [-0.25, -0.2) is 0 Å². The molecule has 1 heterocycles. The van der Waals surface area contributed by atoms with Gasteiger partial charge in [0.2, 0.25) is 0 Å². The van der Waals surface area contributed by atoms with Crippen molar-refractivity contribution in [3.8, 4) is 11.8 Å². The minimum Gasteiger partial charge on any atom is -0.384 e. The maximum absolute atomic E-state index is 12.4. The molecule has 1 amide bonds. The molecule has 1 fully saturated rings. The van der Waals surface area contributed by atoms with Crippen molar-refractivity contribution in [1.82, 2.24) is 10.3 Å². The van der Waals surface area contributed by atoms with Gasteiger partial charge in [-0.05, 0) is 38.0 Å². The third-order valence-corrected chi connectivity index (χ3v) is 4.85. The van der Waals surface area contributed by atoms with Gasteiger partial charge in [0.05, 0.1) is 11.1 Å². The molecule has 5 heteroatoms. The molecule has 112 valence electrons. The highest BCUT2D eigenvalue weighted by molar-refractivity contribution is 7.99. The number of pyridine rings is 1. The largest absolute Gasteiger partial charge is 0.384 e. The second-order valence-electron chi connectivity index (χ2n) is 5.06. The van der Waals surface area contributed by atoms with Crippen molar-refractivity contribution in [2.75, 3.05) is 12.9 Å². The Labute approximate surface area is 129 Å². The molecule has 1 saturated carbocycles. The van der Waals surface area contributed by atoms with Gasteiger partial charge in [0.1, 0.15) is 6.61 Å². The Hall–Kier alpha value is -1.51. The molecule has 0 aliphatic heterocycles. The lowest BCUT2D eigenvalue weighted by molar-refractivity contribution is 0.0928. The summed E-state index contributed by atoms with van der Waals surface area (Å²) in [5, 5.41) is 12.6. The highest BCUT2D eigenvalue weighted by Gasteiger charge is 2.22. The molecule has 1 aromatic heterocycles. The van der Waals surface area contributed by atoms with Crippen molar-refractivity contribution in [3.63, 3.8) is 0 Å². The minimum atomic E-state index is -0.228. The summed E-state index contributed by atoms with van der Waals surface area (Å²) < 4.78 is 0. The molecular weight excluding hydrogens is 284 g/mol. The molecule has 0 radical (unpaired) electrons. The monoisotopic (exact) mass is 304 g/mol. The van der Waals surface area contributed by atoms with E-state index in [1.807, 2.05) is 11.8 Å². The summed E-state index contributed by atoms with van der Waals surface area (Å²) in [5.74, 6) is 5.23. The fourth-order valence-electron chi connectivity index (χ4n) is 2.53. The van der Waals surface area contributed by atoms with E-state index >= 15 is 0 Å². The second kappa shape index (κ2) is 8.06. The molecular formula is C16H20N2O2S. The van der Waals surface area contributed by atoms with Crippen LogP contribution >= 0.6 is 11.8 Å². The molecule has 1 aromatic rings. The predicted molar refractivity (Wildman–Crippen MR) is 85.2 cm³/mol. The highest BCUT2D eigenvalue weighted by Crippen LogP contribution is 2.27. The maximum Gasteiger partial charge on any atom is 0.252 e. The van der Waals surface area contributed by atoms with E-state index in [-0.39, 0.29) is 18.6 Å². The standard InChI is InChI=1S/C16H20N2O2S/c1-21-14-6-4-13(5-7-14)18-16(20)15-8-9-17-11-12(15)3-2-10-19/h8-9,11,13-14,19H,4-7,10H2,1H3,(H,18,20). The molecule has 1 aliphatic rings. The fraction of sp³-hybridized carbons (Fsp3) is 0.500. The summed E-state index contributed by atoms with van der Waals surface area (Å²) >= 11 is 1.91. The number of nitrogens with zero attached hydrogens (tertiary/aromatic N) is 1. The number of hydrogen-bond acceptors (Lipinski definition) is 4. The van der Waals surface area contributed by atoms with Crippen molar-refractivity contribution in [3.05, 3.63) is 29.6 Å². The molecule has 0 atom stereocenters. The first-order chi connectivity index (χ1) is 10.2. The Bertz CT molecular complexity index is 543. The minimum absolute atomic E-state index is 0.104. The lowest BCUT2D eigenvalue weighted by Gasteiger charge is -2.28. The van der Waals surface area contributed by atoms with Crippen molar-refractivity contribution in [1.29, 1.82) is 0 Å². The van der Waals surface area contributed by atoms with Gasteiger partial charge in [-0.2, -0.15) is 11.8 Å². The number of rotatable bonds is 3. The van der Waals surface area contributed by atoms with Crippen molar-refractivity contribution < 1.29 is 9.90 Å². The van der Waals surface area contributed by atoms with Crippen LogP contribution in [0.3, 0.4) is 0 Å². The fourth-order valence-corrected chi connectivity index (χ4v) is 3.28. The summed E-state index contributed by atoms with van der Waals surface area (Å²) in [6.45, 7) is -0.228. The highest BCUT2D eigenvalue weighted by atomic mass is 32.2. The van der Waals surface area contributed by atoms with Crippen LogP contribution < -0.4 is 5.32 Å². The average molecular weight is 304 g/mol. The number of aliphatic hydroxyl groups is 1. The van der Waals surface area contributed by atoms with E-state index in [1.165, 1.54) is 0 Å². The van der Waals surface area contributed by atoms with Crippen molar-refractivity contribution in [2.24, 2.45) is 0 Å². The van der Waals surface area contributed by atoms with E-state index in [1.54, 1.807) is 18.5 Å². The first kappa shape index (κ1) is 15.9. The van der Waals surface area contributed by atoms with E-state index in [9.17, 15) is 4.79 Å². The quantitative estimate of drug-likeness (QED) is 0.836. The zero-order valence-corrected chi connectivity index (χ0v) is 12.9. The Morgan fingerprint density at radius 2 is 2.24 bits per heavy atom. The first-order valence-corrected chi connectivity index (χ1v) is 8.40. The van der Waals surface area contributed by atoms with Gasteiger partial charge in [0.25, 0.3) is 5.91 Å². The van der Waals surface area contributed by atoms with Gasteiger partial charge in [0, 0.05) is 23.7 Å². The Morgan fingerprint density at radius 3 is 2.90 bits per heavy atom. The normalized spacial score (nSPS) is 21.2. The van der Waals surface area contributed by atoms with Crippen LogP contribution in [0.15, 0.2) is 18.5 Å². The summed E-state index contributed by atoms with van der Waals surface area (Å²) in [7, 11) is 0. The smallest absolute Gasteiger partial charge is 0.252 e. The van der Waals surface area contributed by atoms with Crippen LogP contribution in [0, 0.1) is 11.8 Å². The lowest BCUT2D eigenvalue weighted by atomic mass is 9.94. The molecule has 21 heavy (non-hydrogen) atoms. The van der Waals surface area contributed by atoms with Crippen molar-refractivity contribution >= 4 is 17.7 Å². The molecule has 0 bridgehead atoms. The zero-order chi connectivity index (χ0) is 15.1. The maximum atomic E-state index is 12.4. The van der Waals surface area contributed by atoms with Crippen LogP contribution in [-0.2, 0) is 0 Å². The first-order valence-electron chi connectivity index (χ1n) is 7.12. The third-order valence-electron chi connectivity index (χ3n) is 3.71. The van der Waals surface area contributed by atoms with Crippen LogP contribution in [0.1, 0.15) is 41.6 Å². The van der Waals surface area contributed by atoms with Gasteiger partial charge < -0.3 is 10.4 Å². The Kier molecular flexibility index (Phi) is 6.09. The van der Waals surface area contributed by atoms with Crippen LogP contribution in [-0.4, -0.2) is 40.2 Å². The van der Waals surface area contributed by atoms with Crippen LogP contribution in [0.25, 0.3) is 0 Å². The van der Waals surface area contributed by atoms with E-state index in [0.717, 1.165) is 30.9 Å². The van der Waals surface area contributed by atoms with E-state index < -0.39 is 0 Å². The summed E-state index contributed by atoms with van der Waals surface area (Å²) in [4.78, 5) is 16.4. The Morgan fingerprint density at radius 1 is 1.48 bits per heavy atom. The summed E-state index contributed by atoms with van der Waals surface area (Å²) in [5.41, 5.74) is 1.08. The van der Waals surface area contributed by atoms with Gasteiger partial charge in [-0.15, -0.1) is 0 Å². The number of carbonyl (C=O) groups is 1. The summed E-state index contributed by atoms with van der Waals surface area (Å²) in [6, 6.07) is 1.91. The number of amides is 1. The molecule has 2 rings (SSSR count). The molecule has 4 nitrogen and oxygen atoms in total. The Balaban J connectivity index is 2.01. The molecule has 1 aliphatic carbocycles. The van der Waals surface area contributed by atoms with Crippen molar-refractivity contribution in [2.45, 2.75) is 37.0 Å². The van der Waals surface area contributed by atoms with Gasteiger partial charge in [-0.3, -0.25) is 9.78 Å². The lowest BCUT2D eigenvalue weighted by Crippen LogP contribution is -2.38. The molecule has 0 aromatic carbocycles. The molecule has 0 saturated heterocycles.